The third-order valence-electron chi connectivity index (χ3n) is 3.07. The minimum Gasteiger partial charge on any atom is -0.271 e. The van der Waals surface area contributed by atoms with Crippen LogP contribution in [0, 0.1) is 23.3 Å². The molecule has 0 saturated carbocycles. The summed E-state index contributed by atoms with van der Waals surface area (Å²) < 4.78 is 52.7. The number of rotatable bonds is 4. The van der Waals surface area contributed by atoms with Crippen LogP contribution in [0.5, 0.6) is 0 Å². The number of hydrogen-bond acceptors (Lipinski definition) is 2. The zero-order valence-electron chi connectivity index (χ0n) is 10.6. The third-order valence-corrected chi connectivity index (χ3v) is 3.87. The van der Waals surface area contributed by atoms with Gasteiger partial charge in [0.15, 0.2) is 23.3 Å². The van der Waals surface area contributed by atoms with Gasteiger partial charge in [0.25, 0.3) is 0 Å². The summed E-state index contributed by atoms with van der Waals surface area (Å²) in [7, 11) is 0. The first-order valence-electron chi connectivity index (χ1n) is 5.97. The molecule has 2 rings (SSSR count). The summed E-state index contributed by atoms with van der Waals surface area (Å²) in [6.45, 7) is 0. The van der Waals surface area contributed by atoms with E-state index in [1.54, 1.807) is 0 Å². The fourth-order valence-electron chi connectivity index (χ4n) is 1.97. The lowest BCUT2D eigenvalue weighted by Crippen LogP contribution is -2.30. The molecule has 0 amide bonds. The van der Waals surface area contributed by atoms with E-state index in [-0.39, 0.29) is 10.9 Å². The number of halogens is 5. The molecule has 0 aromatic heterocycles. The van der Waals surface area contributed by atoms with Crippen molar-refractivity contribution >= 4 is 15.9 Å². The van der Waals surface area contributed by atoms with Gasteiger partial charge in [-0.2, -0.15) is 0 Å². The zero-order valence-corrected chi connectivity index (χ0v) is 12.2. The molecule has 2 aromatic carbocycles. The van der Waals surface area contributed by atoms with Crippen LogP contribution in [0.1, 0.15) is 17.2 Å². The van der Waals surface area contributed by atoms with Crippen LogP contribution in [0.2, 0.25) is 0 Å². The topological polar surface area (TPSA) is 38.0 Å². The maximum Gasteiger partial charge on any atom is 0.173 e. The minimum absolute atomic E-state index is 0.0620. The molecular formula is C14H11BrF4N2. The van der Waals surface area contributed by atoms with Crippen molar-refractivity contribution in [2.24, 2.45) is 5.84 Å². The molecule has 0 bridgehead atoms. The van der Waals surface area contributed by atoms with Crippen molar-refractivity contribution in [3.05, 3.63) is 69.2 Å². The molecule has 0 spiro atoms. The standard InChI is InChI=1S/C14H11BrF4N2/c15-13-8(2-4-10(17)14(13)19)12(21-20)6-7-1-3-9(16)11(18)5-7/h1-5,12,21H,6,20H2. The SMILES string of the molecule is NNC(Cc1ccc(F)c(F)c1)c1ccc(F)c(F)c1Br. The number of hydrogen-bond donors (Lipinski definition) is 2. The molecule has 0 heterocycles. The Morgan fingerprint density at radius 3 is 2.29 bits per heavy atom. The van der Waals surface area contributed by atoms with Crippen molar-refractivity contribution in [3.8, 4) is 0 Å². The van der Waals surface area contributed by atoms with Crippen LogP contribution in [0.3, 0.4) is 0 Å². The van der Waals surface area contributed by atoms with Crippen LogP contribution in [0.4, 0.5) is 17.6 Å². The Labute approximate surface area is 127 Å². The highest BCUT2D eigenvalue weighted by Gasteiger charge is 2.19. The first-order chi connectivity index (χ1) is 9.93. The van der Waals surface area contributed by atoms with E-state index < -0.39 is 29.3 Å². The molecule has 21 heavy (non-hydrogen) atoms. The van der Waals surface area contributed by atoms with Gasteiger partial charge >= 0.3 is 0 Å². The van der Waals surface area contributed by atoms with Crippen LogP contribution in [-0.4, -0.2) is 0 Å². The molecule has 0 aliphatic heterocycles. The maximum absolute atomic E-state index is 13.5. The Balaban J connectivity index is 2.32. The van der Waals surface area contributed by atoms with E-state index in [1.165, 1.54) is 12.1 Å². The van der Waals surface area contributed by atoms with Gasteiger partial charge < -0.3 is 0 Å². The van der Waals surface area contributed by atoms with Gasteiger partial charge in [0.05, 0.1) is 10.5 Å². The summed E-state index contributed by atoms with van der Waals surface area (Å²) in [6, 6.07) is 5.18. The Hall–Kier alpha value is -1.44. The quantitative estimate of drug-likeness (QED) is 0.376. The highest BCUT2D eigenvalue weighted by Crippen LogP contribution is 2.29. The molecule has 2 nitrogen and oxygen atoms in total. The monoisotopic (exact) mass is 362 g/mol. The molecule has 0 aliphatic rings. The maximum atomic E-state index is 13.5. The predicted molar refractivity (Wildman–Crippen MR) is 74.2 cm³/mol. The Kier molecular flexibility index (Phi) is 4.97. The number of nitrogens with one attached hydrogen (secondary N) is 1. The fourth-order valence-corrected chi connectivity index (χ4v) is 2.57. The average molecular weight is 363 g/mol. The van der Waals surface area contributed by atoms with Crippen LogP contribution in [0.15, 0.2) is 34.8 Å². The minimum atomic E-state index is -1.03. The first kappa shape index (κ1) is 15.9. The van der Waals surface area contributed by atoms with Crippen molar-refractivity contribution in [2.45, 2.75) is 12.5 Å². The van der Waals surface area contributed by atoms with Gasteiger partial charge in [0.1, 0.15) is 0 Å². The van der Waals surface area contributed by atoms with Gasteiger partial charge in [0, 0.05) is 0 Å². The van der Waals surface area contributed by atoms with Crippen molar-refractivity contribution in [1.29, 1.82) is 0 Å². The molecule has 1 atom stereocenters. The average Bonchev–Trinajstić information content (AvgIpc) is 2.47. The lowest BCUT2D eigenvalue weighted by Gasteiger charge is -2.18. The molecule has 112 valence electrons. The van der Waals surface area contributed by atoms with Crippen molar-refractivity contribution in [1.82, 2.24) is 5.43 Å². The summed E-state index contributed by atoms with van der Waals surface area (Å²) in [5.74, 6) is 1.47. The van der Waals surface area contributed by atoms with E-state index in [2.05, 4.69) is 21.4 Å². The molecule has 0 fully saturated rings. The third kappa shape index (κ3) is 3.42. The van der Waals surface area contributed by atoms with Gasteiger partial charge in [-0.25, -0.2) is 17.6 Å². The molecule has 7 heteroatoms. The molecular weight excluding hydrogens is 352 g/mol. The fraction of sp³-hybridized carbons (Fsp3) is 0.143. The largest absolute Gasteiger partial charge is 0.271 e. The normalized spacial score (nSPS) is 12.5. The van der Waals surface area contributed by atoms with E-state index >= 15 is 0 Å². The second-order valence-corrected chi connectivity index (χ2v) is 5.23. The van der Waals surface area contributed by atoms with E-state index in [1.807, 2.05) is 0 Å². The van der Waals surface area contributed by atoms with Crippen LogP contribution < -0.4 is 11.3 Å². The van der Waals surface area contributed by atoms with E-state index in [4.69, 9.17) is 5.84 Å². The van der Waals surface area contributed by atoms with Gasteiger partial charge in [-0.15, -0.1) is 0 Å². The lowest BCUT2D eigenvalue weighted by atomic mass is 9.99. The Bertz CT molecular complexity index is 664. The van der Waals surface area contributed by atoms with Crippen LogP contribution in [-0.2, 0) is 6.42 Å². The lowest BCUT2D eigenvalue weighted by molar-refractivity contribution is 0.488. The molecule has 0 radical (unpaired) electrons. The van der Waals surface area contributed by atoms with E-state index in [0.717, 1.165) is 18.2 Å². The molecule has 0 saturated heterocycles. The second-order valence-electron chi connectivity index (χ2n) is 4.44. The van der Waals surface area contributed by atoms with Gasteiger partial charge in [0.2, 0.25) is 0 Å². The Morgan fingerprint density at radius 2 is 1.67 bits per heavy atom. The summed E-state index contributed by atoms with van der Waals surface area (Å²) >= 11 is 2.97. The zero-order chi connectivity index (χ0) is 15.6. The molecule has 1 unspecified atom stereocenters. The summed E-state index contributed by atoms with van der Waals surface area (Å²) in [5, 5.41) is 0. The molecule has 3 N–H and O–H groups in total. The van der Waals surface area contributed by atoms with Gasteiger partial charge in [-0.05, 0) is 51.7 Å². The highest BCUT2D eigenvalue weighted by molar-refractivity contribution is 9.10. The molecule has 2 aromatic rings. The predicted octanol–water partition coefficient (Wildman–Crippen LogP) is 3.75. The molecule has 0 aliphatic carbocycles. The van der Waals surface area contributed by atoms with Crippen molar-refractivity contribution < 1.29 is 17.6 Å². The number of nitrogens with two attached hydrogens (primary N) is 1. The number of hydrazine groups is 1. The first-order valence-corrected chi connectivity index (χ1v) is 6.76. The van der Waals surface area contributed by atoms with Crippen molar-refractivity contribution in [2.75, 3.05) is 0 Å². The van der Waals surface area contributed by atoms with Crippen LogP contribution in [0.25, 0.3) is 0 Å². The van der Waals surface area contributed by atoms with Gasteiger partial charge in [-0.3, -0.25) is 11.3 Å². The van der Waals surface area contributed by atoms with E-state index in [0.29, 0.717) is 11.1 Å². The van der Waals surface area contributed by atoms with Gasteiger partial charge in [-0.1, -0.05) is 12.1 Å². The Morgan fingerprint density at radius 1 is 1.00 bits per heavy atom. The second kappa shape index (κ2) is 6.55. The smallest absolute Gasteiger partial charge is 0.173 e. The van der Waals surface area contributed by atoms with Crippen LogP contribution >= 0.6 is 15.9 Å². The van der Waals surface area contributed by atoms with E-state index in [9.17, 15) is 17.6 Å². The summed E-state index contributed by atoms with van der Waals surface area (Å²) in [4.78, 5) is 0. The highest BCUT2D eigenvalue weighted by atomic mass is 79.9. The summed E-state index contributed by atoms with van der Waals surface area (Å²) in [5.41, 5.74) is 3.30. The summed E-state index contributed by atoms with van der Waals surface area (Å²) in [6.07, 6.45) is 0.178. The van der Waals surface area contributed by atoms with Crippen molar-refractivity contribution in [3.63, 3.8) is 0 Å². The number of benzene rings is 2.